The van der Waals surface area contributed by atoms with Gasteiger partial charge in [-0.1, -0.05) is 60.3 Å². The zero-order valence-electron chi connectivity index (χ0n) is 12.0. The predicted octanol–water partition coefficient (Wildman–Crippen LogP) is 4.14. The van der Waals surface area contributed by atoms with E-state index in [0.717, 1.165) is 22.2 Å². The minimum atomic E-state index is -0.557. The van der Waals surface area contributed by atoms with Gasteiger partial charge in [-0.15, -0.1) is 0 Å². The van der Waals surface area contributed by atoms with E-state index in [1.165, 1.54) is 0 Å². The van der Waals surface area contributed by atoms with Gasteiger partial charge in [0.1, 0.15) is 5.78 Å². The summed E-state index contributed by atoms with van der Waals surface area (Å²) in [5.41, 5.74) is 1.13. The average Bonchev–Trinajstić information content (AvgIpc) is 2.53. The van der Waals surface area contributed by atoms with Gasteiger partial charge in [-0.05, 0) is 31.0 Å². The van der Waals surface area contributed by atoms with Crippen molar-refractivity contribution in [3.8, 4) is 0 Å². The number of hydrogen-bond donors (Lipinski definition) is 0. The van der Waals surface area contributed by atoms with Crippen molar-refractivity contribution in [1.82, 2.24) is 0 Å². The zero-order valence-corrected chi connectivity index (χ0v) is 12.8. The molecule has 108 valence electrons. The molecule has 0 saturated carbocycles. The topological polar surface area (TPSA) is 34.1 Å². The van der Waals surface area contributed by atoms with Gasteiger partial charge in [0.25, 0.3) is 0 Å². The first-order valence-corrected chi connectivity index (χ1v) is 7.82. The molecule has 2 aromatic rings. The van der Waals surface area contributed by atoms with E-state index in [1.54, 1.807) is 6.92 Å². The Morgan fingerprint density at radius 1 is 0.952 bits per heavy atom. The number of carbonyl (C=O) groups is 2. The molecule has 0 aliphatic heterocycles. The Kier molecular flexibility index (Phi) is 5.76. The van der Waals surface area contributed by atoms with Crippen LogP contribution in [0.1, 0.15) is 18.9 Å². The van der Waals surface area contributed by atoms with Gasteiger partial charge in [-0.3, -0.25) is 9.59 Å². The van der Waals surface area contributed by atoms with E-state index in [9.17, 15) is 9.59 Å². The molecule has 2 rings (SSSR count). The van der Waals surface area contributed by atoms with E-state index in [2.05, 4.69) is 0 Å². The maximum absolute atomic E-state index is 12.1. The summed E-state index contributed by atoms with van der Waals surface area (Å²) in [5.74, 6) is -0.550. The molecular formula is C18H18O2S. The van der Waals surface area contributed by atoms with Crippen molar-refractivity contribution in [1.29, 1.82) is 0 Å². The number of benzene rings is 2. The van der Waals surface area contributed by atoms with Crippen LogP contribution in [0.5, 0.6) is 0 Å². The number of hydrogen-bond acceptors (Lipinski definition) is 3. The highest BCUT2D eigenvalue weighted by molar-refractivity contribution is 8.13. The van der Waals surface area contributed by atoms with E-state index in [1.807, 2.05) is 60.7 Å². The molecule has 0 saturated heterocycles. The highest BCUT2D eigenvalue weighted by Gasteiger charge is 2.21. The molecular weight excluding hydrogens is 280 g/mol. The fourth-order valence-corrected chi connectivity index (χ4v) is 2.79. The van der Waals surface area contributed by atoms with Crippen molar-refractivity contribution < 1.29 is 9.59 Å². The van der Waals surface area contributed by atoms with Crippen LogP contribution in [0.3, 0.4) is 0 Å². The highest BCUT2D eigenvalue weighted by Crippen LogP contribution is 2.23. The summed E-state index contributed by atoms with van der Waals surface area (Å²) in [7, 11) is 0. The van der Waals surface area contributed by atoms with Crippen molar-refractivity contribution >= 4 is 22.7 Å². The van der Waals surface area contributed by atoms with Crippen LogP contribution < -0.4 is 0 Å². The third-order valence-electron chi connectivity index (χ3n) is 3.30. The number of aryl methyl sites for hydroxylation is 1. The molecule has 1 atom stereocenters. The molecule has 1 unspecified atom stereocenters. The maximum atomic E-state index is 12.1. The second-order valence-electron chi connectivity index (χ2n) is 4.91. The Bertz CT molecular complexity index is 593. The minimum Gasteiger partial charge on any atom is -0.299 e. The zero-order chi connectivity index (χ0) is 15.1. The fourth-order valence-electron chi connectivity index (χ4n) is 1.95. The standard InChI is InChI=1S/C18H18O2S/c1-14(18(20)21-16-10-6-3-7-11-16)17(19)13-12-15-8-4-2-5-9-15/h2-11,14H,12-13H2,1H3. The van der Waals surface area contributed by atoms with Gasteiger partial charge in [0, 0.05) is 11.3 Å². The molecule has 3 heteroatoms. The first-order chi connectivity index (χ1) is 10.2. The Morgan fingerprint density at radius 2 is 1.52 bits per heavy atom. The first-order valence-electron chi connectivity index (χ1n) is 7.00. The van der Waals surface area contributed by atoms with Crippen LogP contribution in [0.15, 0.2) is 65.6 Å². The van der Waals surface area contributed by atoms with Crippen LogP contribution in [-0.2, 0) is 16.0 Å². The molecule has 0 aliphatic rings. The Balaban J connectivity index is 1.85. The molecule has 0 heterocycles. The molecule has 0 aliphatic carbocycles. The number of Topliss-reactive ketones (excluding diaryl/α,β-unsaturated/α-hetero) is 1. The largest absolute Gasteiger partial charge is 0.299 e. The summed E-state index contributed by atoms with van der Waals surface area (Å²) in [4.78, 5) is 25.1. The normalized spacial score (nSPS) is 11.9. The lowest BCUT2D eigenvalue weighted by Crippen LogP contribution is -2.19. The number of thioether (sulfide) groups is 1. The van der Waals surface area contributed by atoms with E-state index >= 15 is 0 Å². The van der Waals surface area contributed by atoms with Crippen molar-refractivity contribution in [2.45, 2.75) is 24.7 Å². The minimum absolute atomic E-state index is 0.00674. The molecule has 0 N–H and O–H groups in total. The summed E-state index contributed by atoms with van der Waals surface area (Å²) < 4.78 is 0. The van der Waals surface area contributed by atoms with Gasteiger partial charge in [0.2, 0.25) is 5.12 Å². The van der Waals surface area contributed by atoms with Gasteiger partial charge in [-0.25, -0.2) is 0 Å². The molecule has 0 radical (unpaired) electrons. The summed E-state index contributed by atoms with van der Waals surface area (Å²) in [6, 6.07) is 19.3. The van der Waals surface area contributed by atoms with Gasteiger partial charge in [0.05, 0.1) is 5.92 Å². The van der Waals surface area contributed by atoms with Crippen molar-refractivity contribution in [3.05, 3.63) is 66.2 Å². The molecule has 0 spiro atoms. The van der Waals surface area contributed by atoms with Crippen LogP contribution in [0.4, 0.5) is 0 Å². The van der Waals surface area contributed by atoms with Crippen LogP contribution in [0.2, 0.25) is 0 Å². The lowest BCUT2D eigenvalue weighted by atomic mass is 10.0. The van der Waals surface area contributed by atoms with E-state index in [-0.39, 0.29) is 10.9 Å². The second-order valence-corrected chi connectivity index (χ2v) is 5.99. The molecule has 2 aromatic carbocycles. The number of ketones is 1. The number of rotatable bonds is 6. The van der Waals surface area contributed by atoms with Gasteiger partial charge >= 0.3 is 0 Å². The third kappa shape index (κ3) is 4.87. The van der Waals surface area contributed by atoms with Crippen molar-refractivity contribution in [3.63, 3.8) is 0 Å². The molecule has 0 bridgehead atoms. The first kappa shape index (κ1) is 15.5. The SMILES string of the molecule is CC(C(=O)CCc1ccccc1)C(=O)Sc1ccccc1. The van der Waals surface area contributed by atoms with Crippen LogP contribution in [0, 0.1) is 5.92 Å². The van der Waals surface area contributed by atoms with Crippen molar-refractivity contribution in [2.24, 2.45) is 5.92 Å². The second kappa shape index (κ2) is 7.79. The quantitative estimate of drug-likeness (QED) is 0.593. The van der Waals surface area contributed by atoms with Crippen molar-refractivity contribution in [2.75, 3.05) is 0 Å². The molecule has 0 amide bonds. The lowest BCUT2D eigenvalue weighted by molar-refractivity contribution is -0.127. The van der Waals surface area contributed by atoms with E-state index in [4.69, 9.17) is 0 Å². The fraction of sp³-hybridized carbons (Fsp3) is 0.222. The highest BCUT2D eigenvalue weighted by atomic mass is 32.2. The van der Waals surface area contributed by atoms with Gasteiger partial charge in [-0.2, -0.15) is 0 Å². The van der Waals surface area contributed by atoms with E-state index in [0.29, 0.717) is 12.8 Å². The van der Waals surface area contributed by atoms with Gasteiger partial charge < -0.3 is 0 Å². The lowest BCUT2D eigenvalue weighted by Gasteiger charge is -2.09. The third-order valence-corrected chi connectivity index (χ3v) is 4.36. The van der Waals surface area contributed by atoms with Crippen LogP contribution in [-0.4, -0.2) is 10.9 Å². The predicted molar refractivity (Wildman–Crippen MR) is 86.2 cm³/mol. The maximum Gasteiger partial charge on any atom is 0.203 e. The van der Waals surface area contributed by atoms with Gasteiger partial charge in [0.15, 0.2) is 0 Å². The average molecular weight is 298 g/mol. The number of carbonyl (C=O) groups excluding carboxylic acids is 2. The van der Waals surface area contributed by atoms with Crippen LogP contribution >= 0.6 is 11.8 Å². The molecule has 2 nitrogen and oxygen atoms in total. The molecule has 0 fully saturated rings. The van der Waals surface area contributed by atoms with E-state index < -0.39 is 5.92 Å². The monoisotopic (exact) mass is 298 g/mol. The van der Waals surface area contributed by atoms with Crippen LogP contribution in [0.25, 0.3) is 0 Å². The summed E-state index contributed by atoms with van der Waals surface area (Å²) in [6.45, 7) is 1.70. The summed E-state index contributed by atoms with van der Waals surface area (Å²) in [5, 5.41) is -0.0840. The smallest absolute Gasteiger partial charge is 0.203 e. The molecule has 0 aromatic heterocycles. The summed E-state index contributed by atoms with van der Waals surface area (Å²) in [6.07, 6.45) is 1.10. The Hall–Kier alpha value is -1.87. The molecule has 21 heavy (non-hydrogen) atoms. The Morgan fingerprint density at radius 3 is 2.14 bits per heavy atom. The Labute approximate surface area is 129 Å². The summed E-state index contributed by atoms with van der Waals surface area (Å²) >= 11 is 1.14.